The zero-order valence-electron chi connectivity index (χ0n) is 13.9. The number of aromatic nitrogens is 2. The monoisotopic (exact) mass is 456 g/mol. The van der Waals surface area contributed by atoms with Crippen LogP contribution in [-0.2, 0) is 23.2 Å². The Morgan fingerprint density at radius 2 is 1.81 bits per heavy atom. The number of fused-ring (bicyclic) bond motifs is 2. The van der Waals surface area contributed by atoms with Crippen LogP contribution in [0.3, 0.4) is 0 Å². The van der Waals surface area contributed by atoms with Crippen LogP contribution in [0.25, 0.3) is 22.7 Å². The Bertz CT molecular complexity index is 1030. The second-order valence-corrected chi connectivity index (χ2v) is 9.92. The molecule has 0 bridgehead atoms. The van der Waals surface area contributed by atoms with Crippen molar-refractivity contribution in [2.45, 2.75) is 10.0 Å². The van der Waals surface area contributed by atoms with E-state index in [2.05, 4.69) is 77.5 Å². The second-order valence-electron chi connectivity index (χ2n) is 6.21. The van der Waals surface area contributed by atoms with Gasteiger partial charge in [-0.3, -0.25) is 0 Å². The predicted molar refractivity (Wildman–Crippen MR) is 94.9 cm³/mol. The minimum atomic E-state index is -0.740. The van der Waals surface area contributed by atoms with Crippen LogP contribution in [0.15, 0.2) is 76.2 Å². The van der Waals surface area contributed by atoms with Crippen molar-refractivity contribution in [3.05, 3.63) is 87.4 Å². The summed E-state index contributed by atoms with van der Waals surface area (Å²) in [5.41, 5.74) is 5.42. The van der Waals surface area contributed by atoms with Crippen LogP contribution in [0.1, 0.15) is 21.2 Å². The number of para-hydroxylation sites is 1. The van der Waals surface area contributed by atoms with Gasteiger partial charge in [-0.1, -0.05) is 0 Å². The summed E-state index contributed by atoms with van der Waals surface area (Å²) in [4.78, 5) is 0. The van der Waals surface area contributed by atoms with E-state index in [0.29, 0.717) is 3.63 Å². The first kappa shape index (κ1) is 19.4. The fourth-order valence-corrected chi connectivity index (χ4v) is 7.42. The molecule has 1 aromatic heterocycles. The van der Waals surface area contributed by atoms with Gasteiger partial charge >= 0.3 is 153 Å². The molecule has 5 heteroatoms. The van der Waals surface area contributed by atoms with Gasteiger partial charge in [-0.15, -0.1) is 0 Å². The molecule has 0 fully saturated rings. The molecule has 1 heterocycles. The second kappa shape index (κ2) is 8.09. The van der Waals surface area contributed by atoms with Crippen LogP contribution >= 0.6 is 0 Å². The van der Waals surface area contributed by atoms with Crippen LogP contribution < -0.4 is 24.8 Å². The number of hydrogen-bond acceptors (Lipinski definition) is 1. The van der Waals surface area contributed by atoms with E-state index >= 15 is 0 Å². The molecule has 0 saturated heterocycles. The number of hydrogen-bond donors (Lipinski definition) is 0. The Balaban J connectivity index is 0.000000980. The van der Waals surface area contributed by atoms with Gasteiger partial charge in [-0.25, -0.2) is 0 Å². The maximum absolute atomic E-state index is 4.73. The fraction of sp³-hybridized carbons (Fsp3) is 0.0952. The average Bonchev–Trinajstić information content (AvgIpc) is 3.34. The Kier molecular flexibility index (Phi) is 6.02. The van der Waals surface area contributed by atoms with Crippen molar-refractivity contribution in [1.82, 2.24) is 9.78 Å². The minimum Gasteiger partial charge on any atom is -1.00 e. The number of nitrogens with zero attached hydrogens (tertiary/aromatic N) is 2. The van der Waals surface area contributed by atoms with Crippen LogP contribution in [0.4, 0.5) is 0 Å². The van der Waals surface area contributed by atoms with E-state index in [1.54, 1.807) is 3.28 Å². The van der Waals surface area contributed by atoms with Gasteiger partial charge in [-0.2, -0.15) is 0 Å². The van der Waals surface area contributed by atoms with Crippen molar-refractivity contribution < 1.29 is 48.0 Å². The summed E-state index contributed by atoms with van der Waals surface area (Å²) in [6, 6.07) is 17.3. The Morgan fingerprint density at radius 1 is 1.00 bits per heavy atom. The van der Waals surface area contributed by atoms with Crippen LogP contribution in [0.2, 0.25) is 0 Å². The van der Waals surface area contributed by atoms with E-state index in [1.165, 1.54) is 27.7 Å². The molecule has 0 aliphatic heterocycles. The summed E-state index contributed by atoms with van der Waals surface area (Å²) in [6.45, 7) is 0. The molecule has 0 spiro atoms. The van der Waals surface area contributed by atoms with E-state index in [-0.39, 0.29) is 24.8 Å². The molecule has 0 amide bonds. The SMILES string of the molecule is C1=CC[C]([Zr+2][CH]2C(n3ncc4ccccc43)=Cc3ccccc32)=C1.[Cl-].[Cl-]. The first-order valence-corrected chi connectivity index (χ1v) is 10.9. The molecule has 128 valence electrons. The zero-order valence-corrected chi connectivity index (χ0v) is 17.9. The molecular formula is C21H16Cl2N2Zr. The number of halogens is 2. The molecule has 2 nitrogen and oxygen atoms in total. The summed E-state index contributed by atoms with van der Waals surface area (Å²) in [6.07, 6.45) is 12.3. The summed E-state index contributed by atoms with van der Waals surface area (Å²) in [5, 5.41) is 5.93. The van der Waals surface area contributed by atoms with Crippen molar-refractivity contribution in [3.8, 4) is 0 Å². The summed E-state index contributed by atoms with van der Waals surface area (Å²) in [7, 11) is 0. The number of benzene rings is 2. The van der Waals surface area contributed by atoms with E-state index < -0.39 is 23.2 Å². The van der Waals surface area contributed by atoms with Crippen molar-refractivity contribution >= 4 is 22.7 Å². The van der Waals surface area contributed by atoms with Crippen molar-refractivity contribution in [3.63, 3.8) is 0 Å². The van der Waals surface area contributed by atoms with Crippen molar-refractivity contribution in [1.29, 1.82) is 0 Å². The fourth-order valence-electron chi connectivity index (χ4n) is 3.56. The van der Waals surface area contributed by atoms with Crippen LogP contribution in [0.5, 0.6) is 0 Å². The molecule has 1 atom stereocenters. The van der Waals surface area contributed by atoms with Gasteiger partial charge in [0.25, 0.3) is 0 Å². The van der Waals surface area contributed by atoms with Crippen LogP contribution in [-0.4, -0.2) is 9.78 Å². The van der Waals surface area contributed by atoms with Gasteiger partial charge in [0.15, 0.2) is 0 Å². The molecule has 2 aliphatic rings. The van der Waals surface area contributed by atoms with E-state index in [9.17, 15) is 0 Å². The quantitative estimate of drug-likeness (QED) is 0.494. The Morgan fingerprint density at radius 3 is 2.65 bits per heavy atom. The molecule has 2 aliphatic carbocycles. The molecule has 3 aromatic rings. The van der Waals surface area contributed by atoms with E-state index in [4.69, 9.17) is 5.10 Å². The number of rotatable bonds is 3. The molecule has 26 heavy (non-hydrogen) atoms. The molecule has 0 radical (unpaired) electrons. The largest absolute Gasteiger partial charge is 1.00 e. The molecule has 2 aromatic carbocycles. The third-order valence-corrected chi connectivity index (χ3v) is 8.75. The van der Waals surface area contributed by atoms with Crippen molar-refractivity contribution in [2.75, 3.05) is 0 Å². The van der Waals surface area contributed by atoms with E-state index in [1.807, 2.05) is 6.20 Å². The van der Waals surface area contributed by atoms with Gasteiger partial charge in [0.1, 0.15) is 0 Å². The average molecular weight is 459 g/mol. The maximum Gasteiger partial charge on any atom is -1.00 e. The normalized spacial score (nSPS) is 17.0. The van der Waals surface area contributed by atoms with Gasteiger partial charge < -0.3 is 24.8 Å². The maximum atomic E-state index is 4.73. The molecule has 1 unspecified atom stereocenters. The van der Waals surface area contributed by atoms with Gasteiger partial charge in [0, 0.05) is 0 Å². The third kappa shape index (κ3) is 3.29. The van der Waals surface area contributed by atoms with Gasteiger partial charge in [0.05, 0.1) is 0 Å². The summed E-state index contributed by atoms with van der Waals surface area (Å²) >= 11 is -0.740. The topological polar surface area (TPSA) is 17.8 Å². The predicted octanol–water partition coefficient (Wildman–Crippen LogP) is -0.977. The Labute approximate surface area is 177 Å². The molecular weight excluding hydrogens is 442 g/mol. The summed E-state index contributed by atoms with van der Waals surface area (Å²) in [5.74, 6) is 0. The molecule has 0 N–H and O–H groups in total. The van der Waals surface area contributed by atoms with Gasteiger partial charge in [0.2, 0.25) is 0 Å². The summed E-state index contributed by atoms with van der Waals surface area (Å²) < 4.78 is 4.38. The van der Waals surface area contributed by atoms with E-state index in [0.717, 1.165) is 6.42 Å². The zero-order chi connectivity index (χ0) is 15.9. The smallest absolute Gasteiger partial charge is 1.00 e. The van der Waals surface area contributed by atoms with Crippen molar-refractivity contribution in [2.24, 2.45) is 0 Å². The first-order valence-electron chi connectivity index (χ1n) is 8.26. The first-order chi connectivity index (χ1) is 11.9. The molecule has 5 rings (SSSR count). The third-order valence-electron chi connectivity index (χ3n) is 4.73. The van der Waals surface area contributed by atoms with Crippen LogP contribution in [0, 0.1) is 0 Å². The molecule has 0 saturated carbocycles. The number of allylic oxidation sites excluding steroid dienone is 5. The Hall–Kier alpha value is -1.41. The minimum absolute atomic E-state index is 0. The standard InChI is InChI=1S/C16H11N2.C5H5.2ClH.Zr/c1-2-6-13-10-15(9-12(13)5-1)18-16-8-4-3-7-14(16)11-17-18;1-2-4-5-3-1;;;/h1-11H;1-3H,4H2;2*1H;/q;;;;+2/p-2. The van der Waals surface area contributed by atoms with Gasteiger partial charge in [-0.05, 0) is 0 Å².